The molecule has 20 heavy (non-hydrogen) atoms. The van der Waals surface area contributed by atoms with Crippen LogP contribution in [0.2, 0.25) is 0 Å². The lowest BCUT2D eigenvalue weighted by molar-refractivity contribution is -0.660. The standard InChI is InChI=1S/C17H18N2S/c1-13-14(16-9-4-5-10-18(16)2)7-6-8-15(13)17-19(3)11-12-20-17/h4-12H,1-3H3/q+2. The highest BCUT2D eigenvalue weighted by molar-refractivity contribution is 7.12. The quantitative estimate of drug-likeness (QED) is 0.638. The first kappa shape index (κ1) is 13.0. The average molecular weight is 282 g/mol. The van der Waals surface area contributed by atoms with Crippen LogP contribution in [0.1, 0.15) is 5.56 Å². The maximum absolute atomic E-state index is 2.21. The van der Waals surface area contributed by atoms with Gasteiger partial charge in [-0.1, -0.05) is 17.4 Å². The summed E-state index contributed by atoms with van der Waals surface area (Å²) in [7, 11) is 4.19. The zero-order valence-corrected chi connectivity index (χ0v) is 12.8. The third-order valence-corrected chi connectivity index (χ3v) is 4.67. The fourth-order valence-electron chi connectivity index (χ4n) is 2.54. The van der Waals surface area contributed by atoms with Gasteiger partial charge in [0.2, 0.25) is 5.69 Å². The Kier molecular flexibility index (Phi) is 3.36. The molecule has 100 valence electrons. The Morgan fingerprint density at radius 3 is 2.35 bits per heavy atom. The number of thiazole rings is 1. The van der Waals surface area contributed by atoms with Gasteiger partial charge in [-0.25, -0.2) is 4.57 Å². The summed E-state index contributed by atoms with van der Waals surface area (Å²) in [6, 6.07) is 12.9. The van der Waals surface area contributed by atoms with Gasteiger partial charge < -0.3 is 0 Å². The van der Waals surface area contributed by atoms with Gasteiger partial charge in [-0.05, 0) is 30.7 Å². The van der Waals surface area contributed by atoms with Crippen LogP contribution in [0.4, 0.5) is 0 Å². The Hall–Kier alpha value is -2.00. The van der Waals surface area contributed by atoms with Gasteiger partial charge in [0.1, 0.15) is 14.1 Å². The van der Waals surface area contributed by atoms with Crippen LogP contribution in [-0.2, 0) is 14.1 Å². The predicted molar refractivity (Wildman–Crippen MR) is 82.3 cm³/mol. The Morgan fingerprint density at radius 1 is 0.850 bits per heavy atom. The van der Waals surface area contributed by atoms with E-state index in [-0.39, 0.29) is 0 Å². The second-order valence-electron chi connectivity index (χ2n) is 4.99. The highest BCUT2D eigenvalue weighted by Gasteiger charge is 2.19. The van der Waals surface area contributed by atoms with Crippen molar-refractivity contribution in [3.63, 3.8) is 0 Å². The number of hydrogen-bond acceptors (Lipinski definition) is 1. The molecule has 0 saturated carbocycles. The molecule has 0 unspecified atom stereocenters. The fraction of sp³-hybridized carbons (Fsp3) is 0.176. The van der Waals surface area contributed by atoms with E-state index in [1.54, 1.807) is 11.3 Å². The molecule has 0 aliphatic heterocycles. The maximum atomic E-state index is 2.21. The van der Waals surface area contributed by atoms with Crippen molar-refractivity contribution in [3.05, 3.63) is 59.7 Å². The van der Waals surface area contributed by atoms with Gasteiger partial charge in [-0.15, -0.1) is 0 Å². The summed E-state index contributed by atoms with van der Waals surface area (Å²) in [5.41, 5.74) is 5.17. The minimum Gasteiger partial charge on any atom is -0.201 e. The molecule has 0 saturated heterocycles. The number of benzene rings is 1. The highest BCUT2D eigenvalue weighted by atomic mass is 32.1. The summed E-state index contributed by atoms with van der Waals surface area (Å²) in [6.07, 6.45) is 4.20. The van der Waals surface area contributed by atoms with Crippen LogP contribution in [0, 0.1) is 6.92 Å². The molecule has 2 heterocycles. The summed E-state index contributed by atoms with van der Waals surface area (Å²) in [5, 5.41) is 3.42. The molecule has 0 aliphatic carbocycles. The first-order chi connectivity index (χ1) is 9.68. The van der Waals surface area contributed by atoms with Gasteiger partial charge in [0.15, 0.2) is 12.4 Å². The molecule has 3 aromatic rings. The van der Waals surface area contributed by atoms with E-state index in [0.717, 1.165) is 0 Å². The summed E-state index contributed by atoms with van der Waals surface area (Å²) in [5.74, 6) is 0. The van der Waals surface area contributed by atoms with E-state index < -0.39 is 0 Å². The number of nitrogens with zero attached hydrogens (tertiary/aromatic N) is 2. The first-order valence-corrected chi connectivity index (χ1v) is 7.54. The van der Waals surface area contributed by atoms with Gasteiger partial charge in [0, 0.05) is 17.7 Å². The minimum atomic E-state index is 1.24. The van der Waals surface area contributed by atoms with E-state index in [2.05, 4.69) is 84.3 Å². The van der Waals surface area contributed by atoms with E-state index >= 15 is 0 Å². The van der Waals surface area contributed by atoms with Gasteiger partial charge in [-0.2, -0.15) is 4.57 Å². The summed E-state index contributed by atoms with van der Waals surface area (Å²) in [6.45, 7) is 2.21. The molecule has 0 radical (unpaired) electrons. The third-order valence-electron chi connectivity index (χ3n) is 3.68. The Morgan fingerprint density at radius 2 is 1.65 bits per heavy atom. The topological polar surface area (TPSA) is 7.76 Å². The van der Waals surface area contributed by atoms with Crippen molar-refractivity contribution in [1.82, 2.24) is 0 Å². The smallest absolute Gasteiger partial charge is 0.201 e. The van der Waals surface area contributed by atoms with Gasteiger partial charge in [0.25, 0.3) is 5.01 Å². The predicted octanol–water partition coefficient (Wildman–Crippen LogP) is 3.04. The number of aryl methyl sites for hydroxylation is 2. The molecule has 1 aromatic carbocycles. The maximum Gasteiger partial charge on any atom is 0.269 e. The zero-order valence-electron chi connectivity index (χ0n) is 12.0. The molecule has 0 spiro atoms. The fourth-order valence-corrected chi connectivity index (χ4v) is 3.49. The number of hydrogen-bond donors (Lipinski definition) is 0. The molecule has 2 nitrogen and oxygen atoms in total. The summed E-state index contributed by atoms with van der Waals surface area (Å²) in [4.78, 5) is 0. The van der Waals surface area contributed by atoms with Crippen LogP contribution in [0.15, 0.2) is 54.2 Å². The van der Waals surface area contributed by atoms with Crippen molar-refractivity contribution >= 4 is 11.3 Å². The first-order valence-electron chi connectivity index (χ1n) is 6.66. The second-order valence-corrected chi connectivity index (χ2v) is 5.89. The molecule has 0 N–H and O–H groups in total. The summed E-state index contributed by atoms with van der Waals surface area (Å²) < 4.78 is 4.35. The normalized spacial score (nSPS) is 10.8. The van der Waals surface area contributed by atoms with Gasteiger partial charge >= 0.3 is 0 Å². The molecule has 0 amide bonds. The van der Waals surface area contributed by atoms with Crippen molar-refractivity contribution in [1.29, 1.82) is 0 Å². The number of pyridine rings is 1. The molecule has 0 fully saturated rings. The average Bonchev–Trinajstić information content (AvgIpc) is 2.86. The Balaban J connectivity index is 2.21. The van der Waals surface area contributed by atoms with Crippen molar-refractivity contribution in [3.8, 4) is 21.8 Å². The van der Waals surface area contributed by atoms with Crippen molar-refractivity contribution in [2.24, 2.45) is 14.1 Å². The molecular formula is C17H18N2S+2. The molecule has 0 aliphatic rings. The molecule has 3 rings (SSSR count). The lowest BCUT2D eigenvalue weighted by atomic mass is 9.99. The van der Waals surface area contributed by atoms with Crippen molar-refractivity contribution in [2.45, 2.75) is 6.92 Å². The van der Waals surface area contributed by atoms with Gasteiger partial charge in [0.05, 0.1) is 10.9 Å². The van der Waals surface area contributed by atoms with Gasteiger partial charge in [-0.3, -0.25) is 0 Å². The number of rotatable bonds is 2. The molecular weight excluding hydrogens is 264 g/mol. The van der Waals surface area contributed by atoms with Crippen LogP contribution in [0.25, 0.3) is 21.8 Å². The lowest BCUT2D eigenvalue weighted by Crippen LogP contribution is -2.30. The van der Waals surface area contributed by atoms with Crippen LogP contribution in [-0.4, -0.2) is 0 Å². The Labute approximate surface area is 123 Å². The van der Waals surface area contributed by atoms with Crippen LogP contribution >= 0.6 is 11.3 Å². The highest BCUT2D eigenvalue weighted by Crippen LogP contribution is 2.30. The minimum absolute atomic E-state index is 1.24. The monoisotopic (exact) mass is 282 g/mol. The van der Waals surface area contributed by atoms with E-state index in [9.17, 15) is 0 Å². The van der Waals surface area contributed by atoms with Crippen molar-refractivity contribution in [2.75, 3.05) is 0 Å². The van der Waals surface area contributed by atoms with Crippen LogP contribution in [0.3, 0.4) is 0 Å². The summed E-state index contributed by atoms with van der Waals surface area (Å²) >= 11 is 1.78. The molecule has 2 aromatic heterocycles. The van der Waals surface area contributed by atoms with E-state index in [1.807, 2.05) is 0 Å². The van der Waals surface area contributed by atoms with E-state index in [4.69, 9.17) is 0 Å². The Bertz CT molecular complexity index is 759. The van der Waals surface area contributed by atoms with Crippen molar-refractivity contribution < 1.29 is 9.13 Å². The number of aromatic nitrogens is 2. The van der Waals surface area contributed by atoms with Crippen LogP contribution in [0.5, 0.6) is 0 Å². The van der Waals surface area contributed by atoms with Crippen LogP contribution < -0.4 is 9.13 Å². The molecule has 0 atom stereocenters. The second kappa shape index (κ2) is 5.17. The van der Waals surface area contributed by atoms with E-state index in [1.165, 1.54) is 27.4 Å². The van der Waals surface area contributed by atoms with E-state index in [0.29, 0.717) is 0 Å². The molecule has 0 bridgehead atoms. The lowest BCUT2D eigenvalue weighted by Gasteiger charge is -2.07. The third kappa shape index (κ3) is 2.14. The SMILES string of the molecule is Cc1c(-c2cccc[n+]2C)cccc1-c1scc[n+]1C. The zero-order chi connectivity index (χ0) is 14.1. The largest absolute Gasteiger partial charge is 0.269 e. The molecule has 3 heteroatoms.